The van der Waals surface area contributed by atoms with Gasteiger partial charge in [-0.2, -0.15) is 36.0 Å². The minimum atomic E-state index is -6.72. The summed E-state index contributed by atoms with van der Waals surface area (Å²) in [6, 6.07) is 23.4. The number of nitrogens with zero attached hydrogens (tertiary/aromatic N) is 1. The highest BCUT2D eigenvalue weighted by atomic mass is 31.2. The number of alkyl halides is 7. The first-order valence-corrected chi connectivity index (χ1v) is 11.4. The van der Waals surface area contributed by atoms with Gasteiger partial charge >= 0.3 is 18.0 Å². The number of Topliss-reactive ketones (excluding diaryl/α,β-unsaturated/α-hetero) is 1. The summed E-state index contributed by atoms with van der Waals surface area (Å²) in [6.45, 7) is -3.91. The number of ketones is 1. The van der Waals surface area contributed by atoms with E-state index in [0.717, 1.165) is 0 Å². The average molecular weight is 497 g/mol. The van der Waals surface area contributed by atoms with Gasteiger partial charge in [0.25, 0.3) is 0 Å². The molecule has 0 unspecified atom stereocenters. The predicted octanol–water partition coefficient (Wildman–Crippen LogP) is 5.08. The fourth-order valence-electron chi connectivity index (χ4n) is 3.54. The third kappa shape index (κ3) is 3.92. The number of carbonyl (C=O) groups excluding carboxylic acids is 1. The van der Waals surface area contributed by atoms with Gasteiger partial charge in [0.2, 0.25) is 5.78 Å². The molecular weight excluding hydrogens is 482 g/mol. The third-order valence-electron chi connectivity index (χ3n) is 5.12. The van der Waals surface area contributed by atoms with Gasteiger partial charge in [-0.15, -0.1) is 0 Å². The number of benzene rings is 3. The van der Waals surface area contributed by atoms with Crippen molar-refractivity contribution in [3.8, 4) is 6.07 Å². The molecule has 0 aliphatic carbocycles. The zero-order valence-electron chi connectivity index (χ0n) is 17.1. The van der Waals surface area contributed by atoms with E-state index in [-0.39, 0.29) is 15.9 Å². The Morgan fingerprint density at radius 3 is 1.24 bits per heavy atom. The quantitative estimate of drug-likeness (QED) is 0.352. The number of rotatable bonds is 6. The molecule has 3 rings (SSSR count). The van der Waals surface area contributed by atoms with Crippen LogP contribution < -0.4 is 15.9 Å². The molecule has 3 aromatic carbocycles. The standard InChI is InChI=1S/C24H15F7NOP/c25-22(26,23(27,28)24(29,30)31)21(33)20(16-32)34(17-10-4-1-5-11-17,18-12-6-2-7-13-18)19-14-8-3-9-15-19/h1-15H. The highest BCUT2D eigenvalue weighted by molar-refractivity contribution is 7.97. The molecule has 3 aromatic rings. The van der Waals surface area contributed by atoms with E-state index in [1.807, 2.05) is 0 Å². The summed E-state index contributed by atoms with van der Waals surface area (Å²) in [6.07, 6.45) is -6.72. The smallest absolute Gasteiger partial charge is 0.286 e. The van der Waals surface area contributed by atoms with Crippen LogP contribution in [0.3, 0.4) is 0 Å². The molecule has 0 saturated heterocycles. The topological polar surface area (TPSA) is 40.9 Å². The van der Waals surface area contributed by atoms with Crippen LogP contribution in [0.1, 0.15) is 0 Å². The van der Waals surface area contributed by atoms with Gasteiger partial charge in [0.05, 0.1) is 0 Å². The Kier molecular flexibility index (Phi) is 6.77. The summed E-state index contributed by atoms with van der Waals surface area (Å²) in [7, 11) is 0. The van der Waals surface area contributed by atoms with E-state index in [2.05, 4.69) is 0 Å². The lowest BCUT2D eigenvalue weighted by Crippen LogP contribution is -2.58. The number of carbonyl (C=O) groups is 1. The maximum Gasteiger partial charge on any atom is 0.460 e. The SMILES string of the molecule is N#CC(C(=O)C(F)(F)C(F)(F)C(F)(F)F)=P(c1ccccc1)(c1ccccc1)c1ccccc1. The van der Waals surface area contributed by atoms with E-state index < -0.39 is 36.0 Å². The Morgan fingerprint density at radius 1 is 0.647 bits per heavy atom. The van der Waals surface area contributed by atoms with Crippen LogP contribution in [0.5, 0.6) is 0 Å². The molecule has 0 heterocycles. The second-order valence-electron chi connectivity index (χ2n) is 7.11. The van der Waals surface area contributed by atoms with Gasteiger partial charge in [-0.3, -0.25) is 4.79 Å². The third-order valence-corrected chi connectivity index (χ3v) is 9.31. The first-order valence-electron chi connectivity index (χ1n) is 9.63. The molecule has 0 aliphatic rings. The first kappa shape index (κ1) is 25.3. The average Bonchev–Trinajstić information content (AvgIpc) is 2.83. The Labute approximate surface area is 190 Å². The fraction of sp³-hybridized carbons (Fsp3) is 0.125. The van der Waals surface area contributed by atoms with E-state index in [4.69, 9.17) is 0 Å². The van der Waals surface area contributed by atoms with Crippen LogP contribution in [-0.2, 0) is 4.79 Å². The highest BCUT2D eigenvalue weighted by Gasteiger charge is 2.76. The van der Waals surface area contributed by atoms with E-state index in [0.29, 0.717) is 0 Å². The van der Waals surface area contributed by atoms with Crippen LogP contribution in [0.15, 0.2) is 91.0 Å². The van der Waals surface area contributed by atoms with Crippen molar-refractivity contribution in [1.29, 1.82) is 5.26 Å². The normalized spacial score (nSPS) is 12.6. The summed E-state index contributed by atoms with van der Waals surface area (Å²) in [5, 5.41) is 9.01. The molecule has 0 saturated carbocycles. The minimum Gasteiger partial charge on any atom is -0.286 e. The zero-order valence-corrected chi connectivity index (χ0v) is 18.0. The second-order valence-corrected chi connectivity index (χ2v) is 10.5. The molecule has 0 spiro atoms. The molecule has 0 aliphatic heterocycles. The molecule has 0 aromatic heterocycles. The van der Waals surface area contributed by atoms with Crippen LogP contribution in [0.2, 0.25) is 0 Å². The Hall–Kier alpha value is -3.37. The van der Waals surface area contributed by atoms with Gasteiger partial charge in [-0.1, -0.05) is 91.0 Å². The number of hydrogen-bond acceptors (Lipinski definition) is 2. The van der Waals surface area contributed by atoms with Crippen molar-refractivity contribution in [2.24, 2.45) is 0 Å². The lowest BCUT2D eigenvalue weighted by Gasteiger charge is -2.32. The maximum atomic E-state index is 14.6. The Morgan fingerprint density at radius 2 is 0.971 bits per heavy atom. The van der Waals surface area contributed by atoms with E-state index >= 15 is 0 Å². The Bertz CT molecular complexity index is 1160. The maximum absolute atomic E-state index is 14.6. The van der Waals surface area contributed by atoms with Crippen molar-refractivity contribution in [3.63, 3.8) is 0 Å². The van der Waals surface area contributed by atoms with Gasteiger partial charge in [0.1, 0.15) is 11.4 Å². The number of nitriles is 1. The van der Waals surface area contributed by atoms with Gasteiger partial charge in [0, 0.05) is 0 Å². The molecule has 34 heavy (non-hydrogen) atoms. The van der Waals surface area contributed by atoms with Crippen molar-refractivity contribution in [3.05, 3.63) is 91.0 Å². The summed E-state index contributed by atoms with van der Waals surface area (Å²) in [5.41, 5.74) is 0. The van der Waals surface area contributed by atoms with Crippen LogP contribution in [-0.4, -0.2) is 29.1 Å². The van der Waals surface area contributed by atoms with E-state index in [1.165, 1.54) is 78.9 Å². The van der Waals surface area contributed by atoms with Gasteiger partial charge in [-0.25, -0.2) is 0 Å². The minimum absolute atomic E-state index is 0.156. The molecule has 0 fully saturated rings. The molecule has 0 amide bonds. The summed E-state index contributed by atoms with van der Waals surface area (Å²) >= 11 is 0. The monoisotopic (exact) mass is 497 g/mol. The second kappa shape index (κ2) is 9.11. The lowest BCUT2D eigenvalue weighted by atomic mass is 10.0. The van der Waals surface area contributed by atoms with Crippen LogP contribution >= 0.6 is 6.89 Å². The molecule has 2 nitrogen and oxygen atoms in total. The largest absolute Gasteiger partial charge is 0.460 e. The van der Waals surface area contributed by atoms with Gasteiger partial charge in [-0.05, 0) is 22.8 Å². The van der Waals surface area contributed by atoms with Crippen molar-refractivity contribution >= 4 is 33.9 Å². The predicted molar refractivity (Wildman–Crippen MR) is 117 cm³/mol. The summed E-state index contributed by atoms with van der Waals surface area (Å²) in [4.78, 5) is 12.9. The summed E-state index contributed by atoms with van der Waals surface area (Å²) < 4.78 is 95.5. The van der Waals surface area contributed by atoms with Crippen LogP contribution in [0.25, 0.3) is 0 Å². The Balaban J connectivity index is 2.57. The van der Waals surface area contributed by atoms with Crippen molar-refractivity contribution < 1.29 is 35.5 Å². The molecule has 10 heteroatoms. The van der Waals surface area contributed by atoms with Gasteiger partial charge < -0.3 is 0 Å². The van der Waals surface area contributed by atoms with Crippen molar-refractivity contribution in [2.75, 3.05) is 0 Å². The van der Waals surface area contributed by atoms with Crippen molar-refractivity contribution in [2.45, 2.75) is 18.0 Å². The molecule has 0 bridgehead atoms. The molecule has 0 radical (unpaired) electrons. The molecular formula is C24H15F7NOP. The number of hydrogen-bond donors (Lipinski definition) is 0. The van der Waals surface area contributed by atoms with E-state index in [9.17, 15) is 40.8 Å². The number of halogens is 7. The van der Waals surface area contributed by atoms with Crippen LogP contribution in [0.4, 0.5) is 30.7 Å². The molecule has 0 N–H and O–H groups in total. The molecule has 176 valence electrons. The van der Waals surface area contributed by atoms with Gasteiger partial charge in [0.15, 0.2) is 0 Å². The molecule has 0 atom stereocenters. The fourth-order valence-corrected chi connectivity index (χ4v) is 7.66. The van der Waals surface area contributed by atoms with E-state index in [1.54, 1.807) is 18.2 Å². The lowest BCUT2D eigenvalue weighted by molar-refractivity contribution is -0.342. The zero-order chi connectivity index (χ0) is 25.2. The highest BCUT2D eigenvalue weighted by Crippen LogP contribution is 2.51. The van der Waals surface area contributed by atoms with Crippen LogP contribution in [0, 0.1) is 11.3 Å². The van der Waals surface area contributed by atoms with Crippen molar-refractivity contribution in [1.82, 2.24) is 0 Å². The first-order chi connectivity index (χ1) is 15.9. The summed E-state index contributed by atoms with van der Waals surface area (Å²) in [5.74, 6) is -15.8.